The van der Waals surface area contributed by atoms with Crippen LogP contribution in [0.4, 0.5) is 0 Å². The molecule has 1 aromatic heterocycles. The van der Waals surface area contributed by atoms with Gasteiger partial charge in [0.25, 0.3) is 5.91 Å². The van der Waals surface area contributed by atoms with Crippen molar-refractivity contribution >= 4 is 17.9 Å². The fraction of sp³-hybridized carbons (Fsp3) is 0.208. The number of benzene rings is 2. The van der Waals surface area contributed by atoms with Crippen molar-refractivity contribution in [3.63, 3.8) is 0 Å². The van der Waals surface area contributed by atoms with Crippen molar-refractivity contribution in [1.82, 2.24) is 20.0 Å². The molecule has 0 saturated carbocycles. The topological polar surface area (TPSA) is 67.2 Å². The zero-order chi connectivity index (χ0) is 20.8. The van der Waals surface area contributed by atoms with Gasteiger partial charge in [-0.2, -0.15) is 5.10 Å². The Kier molecular flexibility index (Phi) is 6.03. The van der Waals surface area contributed by atoms with Crippen LogP contribution in [0, 0.1) is 0 Å². The molecule has 1 aliphatic heterocycles. The lowest BCUT2D eigenvalue weighted by molar-refractivity contribution is -0.126. The molecule has 0 atom stereocenters. The highest BCUT2D eigenvalue weighted by Gasteiger charge is 2.23. The Morgan fingerprint density at radius 1 is 0.967 bits per heavy atom. The fourth-order valence-electron chi connectivity index (χ4n) is 3.52. The lowest BCUT2D eigenvalue weighted by Gasteiger charge is -2.31. The van der Waals surface area contributed by atoms with Gasteiger partial charge in [0.15, 0.2) is 0 Å². The minimum Gasteiger partial charge on any atom is -0.349 e. The summed E-state index contributed by atoms with van der Waals surface area (Å²) in [5.74, 6) is -0.0778. The molecule has 1 N–H and O–H groups in total. The molecule has 1 aliphatic rings. The lowest BCUT2D eigenvalue weighted by Crippen LogP contribution is -2.46. The Balaban J connectivity index is 1.27. The number of likely N-dealkylation sites (tertiary alicyclic amines) is 1. The first kappa shape index (κ1) is 19.6. The second kappa shape index (κ2) is 9.22. The number of nitrogens with one attached hydrogen (secondary N) is 1. The van der Waals surface area contributed by atoms with E-state index in [9.17, 15) is 9.59 Å². The molecule has 4 rings (SSSR count). The third-order valence-corrected chi connectivity index (χ3v) is 5.22. The van der Waals surface area contributed by atoms with Gasteiger partial charge in [-0.25, -0.2) is 4.68 Å². The fourth-order valence-corrected chi connectivity index (χ4v) is 3.52. The Labute approximate surface area is 175 Å². The molecule has 1 saturated heterocycles. The van der Waals surface area contributed by atoms with Gasteiger partial charge in [0, 0.05) is 42.5 Å². The van der Waals surface area contributed by atoms with Crippen LogP contribution >= 0.6 is 0 Å². The zero-order valence-corrected chi connectivity index (χ0v) is 16.6. The van der Waals surface area contributed by atoms with Crippen molar-refractivity contribution in [3.05, 3.63) is 90.3 Å². The SMILES string of the molecule is O=C(NC1CCN(C(=O)C=Cc2cnn(-c3ccccc3)c2)CC1)c1ccccc1. The number of carbonyl (C=O) groups is 2. The molecule has 2 heterocycles. The molecule has 30 heavy (non-hydrogen) atoms. The monoisotopic (exact) mass is 400 g/mol. The minimum absolute atomic E-state index is 0.0182. The van der Waals surface area contributed by atoms with E-state index in [4.69, 9.17) is 0 Å². The molecular formula is C24H24N4O2. The van der Waals surface area contributed by atoms with Gasteiger partial charge in [-0.1, -0.05) is 36.4 Å². The third kappa shape index (κ3) is 4.84. The molecule has 0 aliphatic carbocycles. The van der Waals surface area contributed by atoms with Gasteiger partial charge in [-0.05, 0) is 43.2 Å². The highest BCUT2D eigenvalue weighted by atomic mass is 16.2. The van der Waals surface area contributed by atoms with Crippen LogP contribution in [0.15, 0.2) is 79.1 Å². The van der Waals surface area contributed by atoms with E-state index in [0.717, 1.165) is 24.1 Å². The average molecular weight is 400 g/mol. The van der Waals surface area contributed by atoms with E-state index < -0.39 is 0 Å². The summed E-state index contributed by atoms with van der Waals surface area (Å²) in [6.07, 6.45) is 8.52. The number of para-hydroxylation sites is 1. The summed E-state index contributed by atoms with van der Waals surface area (Å²) in [5, 5.41) is 7.40. The summed E-state index contributed by atoms with van der Waals surface area (Å²) in [5.41, 5.74) is 2.51. The van der Waals surface area contributed by atoms with Crippen molar-refractivity contribution < 1.29 is 9.59 Å². The molecule has 0 radical (unpaired) electrons. The van der Waals surface area contributed by atoms with E-state index in [2.05, 4.69) is 10.4 Å². The van der Waals surface area contributed by atoms with Gasteiger partial charge in [-0.3, -0.25) is 9.59 Å². The first-order chi connectivity index (χ1) is 14.7. The Bertz CT molecular complexity index is 1020. The molecule has 0 spiro atoms. The molecule has 3 aromatic rings. The number of nitrogens with zero attached hydrogens (tertiary/aromatic N) is 3. The number of rotatable bonds is 5. The summed E-state index contributed by atoms with van der Waals surface area (Å²) in [6, 6.07) is 19.1. The molecule has 152 valence electrons. The van der Waals surface area contributed by atoms with Crippen molar-refractivity contribution in [2.24, 2.45) is 0 Å². The summed E-state index contributed by atoms with van der Waals surface area (Å²) < 4.78 is 1.78. The number of hydrogen-bond donors (Lipinski definition) is 1. The van der Waals surface area contributed by atoms with E-state index >= 15 is 0 Å². The van der Waals surface area contributed by atoms with E-state index in [0.29, 0.717) is 18.7 Å². The van der Waals surface area contributed by atoms with Crippen molar-refractivity contribution in [3.8, 4) is 5.69 Å². The molecule has 1 fully saturated rings. The Hall–Kier alpha value is -3.67. The smallest absolute Gasteiger partial charge is 0.251 e. The van der Waals surface area contributed by atoms with Gasteiger partial charge in [0.2, 0.25) is 5.91 Å². The van der Waals surface area contributed by atoms with Crippen LogP contribution in [0.3, 0.4) is 0 Å². The molecule has 6 nitrogen and oxygen atoms in total. The number of aromatic nitrogens is 2. The molecule has 0 bridgehead atoms. The minimum atomic E-state index is -0.0595. The van der Waals surface area contributed by atoms with Crippen LogP contribution in [0.5, 0.6) is 0 Å². The first-order valence-electron chi connectivity index (χ1n) is 10.1. The normalized spacial score (nSPS) is 14.7. The van der Waals surface area contributed by atoms with E-state index in [1.54, 1.807) is 35.2 Å². The lowest BCUT2D eigenvalue weighted by atomic mass is 10.0. The highest BCUT2D eigenvalue weighted by molar-refractivity contribution is 5.94. The second-order valence-corrected chi connectivity index (χ2v) is 7.33. The zero-order valence-electron chi connectivity index (χ0n) is 16.6. The predicted molar refractivity (Wildman–Crippen MR) is 116 cm³/mol. The third-order valence-electron chi connectivity index (χ3n) is 5.22. The van der Waals surface area contributed by atoms with Crippen molar-refractivity contribution in [2.75, 3.05) is 13.1 Å². The van der Waals surface area contributed by atoms with Crippen LogP contribution in [-0.4, -0.2) is 45.6 Å². The first-order valence-corrected chi connectivity index (χ1v) is 10.1. The summed E-state index contributed by atoms with van der Waals surface area (Å²) in [7, 11) is 0. The van der Waals surface area contributed by atoms with Crippen LogP contribution in [0.1, 0.15) is 28.8 Å². The van der Waals surface area contributed by atoms with Crippen LogP contribution in [0.2, 0.25) is 0 Å². The van der Waals surface area contributed by atoms with Crippen LogP contribution < -0.4 is 5.32 Å². The summed E-state index contributed by atoms with van der Waals surface area (Å²) in [6.45, 7) is 1.26. The second-order valence-electron chi connectivity index (χ2n) is 7.33. The maximum Gasteiger partial charge on any atom is 0.251 e. The summed E-state index contributed by atoms with van der Waals surface area (Å²) in [4.78, 5) is 26.6. The summed E-state index contributed by atoms with van der Waals surface area (Å²) >= 11 is 0. The molecular weight excluding hydrogens is 376 g/mol. The maximum absolute atomic E-state index is 12.5. The van der Waals surface area contributed by atoms with E-state index in [1.807, 2.05) is 59.6 Å². The van der Waals surface area contributed by atoms with Crippen LogP contribution in [-0.2, 0) is 4.79 Å². The van der Waals surface area contributed by atoms with E-state index in [1.165, 1.54) is 0 Å². The van der Waals surface area contributed by atoms with Crippen LogP contribution in [0.25, 0.3) is 11.8 Å². The highest BCUT2D eigenvalue weighted by Crippen LogP contribution is 2.13. The predicted octanol–water partition coefficient (Wildman–Crippen LogP) is 3.31. The molecule has 2 aromatic carbocycles. The largest absolute Gasteiger partial charge is 0.349 e. The molecule has 2 amide bonds. The van der Waals surface area contributed by atoms with Gasteiger partial charge in [0.05, 0.1) is 11.9 Å². The van der Waals surface area contributed by atoms with Gasteiger partial charge in [-0.15, -0.1) is 0 Å². The number of hydrogen-bond acceptors (Lipinski definition) is 3. The average Bonchev–Trinajstić information content (AvgIpc) is 3.28. The number of amides is 2. The molecule has 6 heteroatoms. The van der Waals surface area contributed by atoms with Crippen molar-refractivity contribution in [2.45, 2.75) is 18.9 Å². The van der Waals surface area contributed by atoms with Gasteiger partial charge in [0.1, 0.15) is 0 Å². The van der Waals surface area contributed by atoms with Crippen molar-refractivity contribution in [1.29, 1.82) is 0 Å². The van der Waals surface area contributed by atoms with E-state index in [-0.39, 0.29) is 17.9 Å². The Morgan fingerprint density at radius 2 is 1.63 bits per heavy atom. The number of piperidine rings is 1. The quantitative estimate of drug-likeness (QED) is 0.668. The Morgan fingerprint density at radius 3 is 2.33 bits per heavy atom. The standard InChI is InChI=1S/C24H24N4O2/c29-23(12-11-19-17-25-28(18-19)22-9-5-2-6-10-22)27-15-13-21(14-16-27)26-24(30)20-7-3-1-4-8-20/h1-12,17-18,21H,13-16H2,(H,26,30). The molecule has 0 unspecified atom stereocenters. The number of carbonyl (C=O) groups excluding carboxylic acids is 2. The maximum atomic E-state index is 12.5. The van der Waals surface area contributed by atoms with Gasteiger partial charge < -0.3 is 10.2 Å². The van der Waals surface area contributed by atoms with Gasteiger partial charge >= 0.3 is 0 Å².